The summed E-state index contributed by atoms with van der Waals surface area (Å²) in [6.45, 7) is 0.930. The van der Waals surface area contributed by atoms with Crippen molar-refractivity contribution in [3.63, 3.8) is 0 Å². The molecule has 0 unspecified atom stereocenters. The highest BCUT2D eigenvalue weighted by Gasteiger charge is 2.06. The van der Waals surface area contributed by atoms with Crippen LogP contribution in [0.5, 0.6) is 5.88 Å². The van der Waals surface area contributed by atoms with Crippen molar-refractivity contribution in [3.8, 4) is 5.88 Å². The molecule has 2 rings (SSSR count). The topological polar surface area (TPSA) is 89.3 Å². The van der Waals surface area contributed by atoms with E-state index in [1.807, 2.05) is 0 Å². The third kappa shape index (κ3) is 3.70. The minimum Gasteiger partial charge on any atom is -0.481 e. The van der Waals surface area contributed by atoms with Crippen LogP contribution in [0.1, 0.15) is 10.6 Å². The molecule has 2 aromatic heterocycles. The Balaban J connectivity index is 1.73. The molecule has 0 spiro atoms. The summed E-state index contributed by atoms with van der Waals surface area (Å²) in [5.41, 5.74) is 0. The first-order valence-electron chi connectivity index (χ1n) is 5.72. The molecule has 0 radical (unpaired) electrons. The second kappa shape index (κ2) is 6.39. The molecule has 1 amide bonds. The molecule has 0 fully saturated rings. The number of hydrogen-bond donors (Lipinski definition) is 2. The van der Waals surface area contributed by atoms with Gasteiger partial charge in [-0.3, -0.25) is 4.79 Å². The normalized spacial score (nSPS) is 9.95. The number of rotatable bonds is 6. The van der Waals surface area contributed by atoms with Crippen LogP contribution in [0, 0.1) is 0 Å². The van der Waals surface area contributed by atoms with Crippen molar-refractivity contribution < 1.29 is 13.9 Å². The lowest BCUT2D eigenvalue weighted by atomic mass is 10.4. The van der Waals surface area contributed by atoms with Gasteiger partial charge in [0.2, 0.25) is 11.8 Å². The van der Waals surface area contributed by atoms with Gasteiger partial charge in [-0.2, -0.15) is 4.98 Å². The number of anilines is 1. The predicted octanol–water partition coefficient (Wildman–Crippen LogP) is 0.920. The molecule has 100 valence electrons. The summed E-state index contributed by atoms with van der Waals surface area (Å²) in [7, 11) is 1.54. The smallest absolute Gasteiger partial charge is 0.287 e. The lowest BCUT2D eigenvalue weighted by Gasteiger charge is -2.06. The zero-order chi connectivity index (χ0) is 13.5. The summed E-state index contributed by atoms with van der Waals surface area (Å²) in [6.07, 6.45) is 3.05. The van der Waals surface area contributed by atoms with Gasteiger partial charge in [0, 0.05) is 25.4 Å². The van der Waals surface area contributed by atoms with Crippen LogP contribution in [0.2, 0.25) is 0 Å². The monoisotopic (exact) mass is 262 g/mol. The first kappa shape index (κ1) is 12.9. The quantitative estimate of drug-likeness (QED) is 0.752. The molecule has 0 bridgehead atoms. The van der Waals surface area contributed by atoms with Crippen LogP contribution in [0.4, 0.5) is 5.95 Å². The number of aromatic nitrogens is 2. The van der Waals surface area contributed by atoms with Gasteiger partial charge in [-0.1, -0.05) is 0 Å². The van der Waals surface area contributed by atoms with E-state index >= 15 is 0 Å². The number of nitrogens with zero attached hydrogens (tertiary/aromatic N) is 2. The maximum absolute atomic E-state index is 11.5. The Morgan fingerprint density at radius 3 is 3.05 bits per heavy atom. The van der Waals surface area contributed by atoms with Crippen molar-refractivity contribution in [2.45, 2.75) is 0 Å². The molecule has 0 aliphatic rings. The summed E-state index contributed by atoms with van der Waals surface area (Å²) >= 11 is 0. The van der Waals surface area contributed by atoms with E-state index in [0.29, 0.717) is 24.9 Å². The van der Waals surface area contributed by atoms with E-state index in [-0.39, 0.29) is 11.7 Å². The Bertz CT molecular complexity index is 528. The van der Waals surface area contributed by atoms with Crippen molar-refractivity contribution in [2.75, 3.05) is 25.5 Å². The Labute approximate surface area is 110 Å². The molecule has 0 aromatic carbocycles. The first-order chi connectivity index (χ1) is 9.29. The van der Waals surface area contributed by atoms with Gasteiger partial charge in [-0.25, -0.2) is 4.98 Å². The molecule has 0 atom stereocenters. The van der Waals surface area contributed by atoms with Crippen LogP contribution in [0.3, 0.4) is 0 Å². The second-order valence-electron chi connectivity index (χ2n) is 3.58. The molecule has 0 saturated heterocycles. The number of ether oxygens (including phenoxy) is 1. The number of methoxy groups -OCH3 is 1. The van der Waals surface area contributed by atoms with Crippen LogP contribution in [-0.2, 0) is 0 Å². The number of furan rings is 1. The fraction of sp³-hybridized carbons (Fsp3) is 0.250. The number of nitrogens with one attached hydrogen (secondary N) is 2. The summed E-state index contributed by atoms with van der Waals surface area (Å²) < 4.78 is 9.94. The van der Waals surface area contributed by atoms with Gasteiger partial charge in [-0.05, 0) is 12.1 Å². The number of carbonyl (C=O) groups excluding carboxylic acids is 1. The third-order valence-electron chi connectivity index (χ3n) is 2.28. The summed E-state index contributed by atoms with van der Waals surface area (Å²) in [4.78, 5) is 19.6. The van der Waals surface area contributed by atoms with E-state index in [1.54, 1.807) is 24.4 Å². The Morgan fingerprint density at radius 2 is 2.32 bits per heavy atom. The molecule has 19 heavy (non-hydrogen) atoms. The number of carbonyl (C=O) groups is 1. The molecule has 0 aliphatic heterocycles. The molecule has 0 saturated carbocycles. The van der Waals surface area contributed by atoms with Gasteiger partial charge in [-0.15, -0.1) is 0 Å². The molecular formula is C12H14N4O3. The van der Waals surface area contributed by atoms with E-state index in [9.17, 15) is 4.79 Å². The largest absolute Gasteiger partial charge is 0.481 e. The van der Waals surface area contributed by atoms with Crippen LogP contribution in [-0.4, -0.2) is 36.1 Å². The van der Waals surface area contributed by atoms with E-state index < -0.39 is 0 Å². The van der Waals surface area contributed by atoms with Crippen molar-refractivity contribution >= 4 is 11.9 Å². The Kier molecular flexibility index (Phi) is 4.33. The maximum atomic E-state index is 11.5. The Morgan fingerprint density at radius 1 is 1.42 bits per heavy atom. The molecular weight excluding hydrogens is 248 g/mol. The number of hydrogen-bond acceptors (Lipinski definition) is 6. The van der Waals surface area contributed by atoms with Crippen molar-refractivity contribution in [2.24, 2.45) is 0 Å². The van der Waals surface area contributed by atoms with Crippen LogP contribution in [0.15, 0.2) is 35.1 Å². The van der Waals surface area contributed by atoms with Crippen molar-refractivity contribution in [3.05, 3.63) is 36.4 Å². The zero-order valence-corrected chi connectivity index (χ0v) is 10.4. The second-order valence-corrected chi connectivity index (χ2v) is 3.58. The van der Waals surface area contributed by atoms with E-state index in [1.165, 1.54) is 13.4 Å². The van der Waals surface area contributed by atoms with Crippen molar-refractivity contribution in [1.82, 2.24) is 15.3 Å². The summed E-state index contributed by atoms with van der Waals surface area (Å²) in [5.74, 6) is 0.972. The standard InChI is InChI=1S/C12H14N4O3/c1-18-10-4-5-14-12(16-10)15-7-6-13-11(17)9-3-2-8-19-9/h2-5,8H,6-7H2,1H3,(H,13,17)(H,14,15,16). The fourth-order valence-electron chi connectivity index (χ4n) is 1.39. The van der Waals surface area contributed by atoms with Crippen molar-refractivity contribution in [1.29, 1.82) is 0 Å². The lowest BCUT2D eigenvalue weighted by Crippen LogP contribution is -2.28. The van der Waals surface area contributed by atoms with E-state index in [4.69, 9.17) is 9.15 Å². The first-order valence-corrected chi connectivity index (χ1v) is 5.72. The highest BCUT2D eigenvalue weighted by molar-refractivity contribution is 5.91. The predicted molar refractivity (Wildman–Crippen MR) is 68.1 cm³/mol. The van der Waals surface area contributed by atoms with Gasteiger partial charge in [0.05, 0.1) is 13.4 Å². The van der Waals surface area contributed by atoms with Gasteiger partial charge < -0.3 is 19.8 Å². The van der Waals surface area contributed by atoms with Crippen LogP contribution < -0.4 is 15.4 Å². The molecule has 2 heterocycles. The lowest BCUT2D eigenvalue weighted by molar-refractivity contribution is 0.0927. The summed E-state index contributed by atoms with van der Waals surface area (Å²) in [5, 5.41) is 5.67. The molecule has 2 N–H and O–H groups in total. The van der Waals surface area contributed by atoms with E-state index in [2.05, 4.69) is 20.6 Å². The highest BCUT2D eigenvalue weighted by atomic mass is 16.5. The maximum Gasteiger partial charge on any atom is 0.287 e. The molecule has 2 aromatic rings. The Hall–Kier alpha value is -2.57. The SMILES string of the molecule is COc1ccnc(NCCNC(=O)c2ccco2)n1. The molecule has 7 heteroatoms. The average Bonchev–Trinajstić information content (AvgIpc) is 2.98. The fourth-order valence-corrected chi connectivity index (χ4v) is 1.39. The highest BCUT2D eigenvalue weighted by Crippen LogP contribution is 2.06. The van der Waals surface area contributed by atoms with E-state index in [0.717, 1.165) is 0 Å². The van der Waals surface area contributed by atoms with Gasteiger partial charge in [0.15, 0.2) is 5.76 Å². The van der Waals surface area contributed by atoms with Gasteiger partial charge >= 0.3 is 0 Å². The molecule has 7 nitrogen and oxygen atoms in total. The minimum absolute atomic E-state index is 0.252. The zero-order valence-electron chi connectivity index (χ0n) is 10.4. The third-order valence-corrected chi connectivity index (χ3v) is 2.28. The number of amides is 1. The van der Waals surface area contributed by atoms with Gasteiger partial charge in [0.1, 0.15) is 0 Å². The summed E-state index contributed by atoms with van der Waals surface area (Å²) in [6, 6.07) is 4.93. The van der Waals surface area contributed by atoms with Crippen LogP contribution in [0.25, 0.3) is 0 Å². The van der Waals surface area contributed by atoms with Gasteiger partial charge in [0.25, 0.3) is 5.91 Å². The average molecular weight is 262 g/mol. The van der Waals surface area contributed by atoms with Crippen LogP contribution >= 0.6 is 0 Å². The minimum atomic E-state index is -0.252. The molecule has 0 aliphatic carbocycles.